The molecule has 7 aromatic rings. The van der Waals surface area contributed by atoms with Crippen molar-refractivity contribution in [3.05, 3.63) is 109 Å². The lowest BCUT2D eigenvalue weighted by Gasteiger charge is -2.14. The highest BCUT2D eigenvalue weighted by Gasteiger charge is 2.14. The van der Waals surface area contributed by atoms with E-state index in [1.807, 2.05) is 12.1 Å². The van der Waals surface area contributed by atoms with E-state index in [1.54, 1.807) is 0 Å². The predicted molar refractivity (Wildman–Crippen MR) is 131 cm³/mol. The van der Waals surface area contributed by atoms with Gasteiger partial charge in [-0.3, -0.25) is 0 Å². The van der Waals surface area contributed by atoms with Gasteiger partial charge in [-0.2, -0.15) is 0 Å². The molecule has 0 saturated heterocycles. The molecule has 31 heavy (non-hydrogen) atoms. The van der Waals surface area contributed by atoms with Crippen LogP contribution in [0.15, 0.2) is 108 Å². The smallest absolute Gasteiger partial charge is 0.136 e. The van der Waals surface area contributed by atoms with Gasteiger partial charge in [-0.1, -0.05) is 84.9 Å². The van der Waals surface area contributed by atoms with Gasteiger partial charge in [0.2, 0.25) is 0 Å². The number of hydrogen-bond acceptors (Lipinski definition) is 1. The molecule has 6 aromatic carbocycles. The molecule has 0 N–H and O–H groups in total. The zero-order chi connectivity index (χ0) is 20.4. The molecule has 0 aliphatic rings. The van der Waals surface area contributed by atoms with Crippen LogP contribution in [-0.4, -0.2) is 0 Å². The second-order valence-corrected chi connectivity index (χ2v) is 8.03. The molecule has 0 unspecified atom stereocenters. The van der Waals surface area contributed by atoms with Gasteiger partial charge in [-0.25, -0.2) is 0 Å². The van der Waals surface area contributed by atoms with E-state index in [2.05, 4.69) is 97.1 Å². The van der Waals surface area contributed by atoms with Gasteiger partial charge in [0, 0.05) is 16.8 Å². The van der Waals surface area contributed by atoms with Gasteiger partial charge in [0.25, 0.3) is 0 Å². The molecule has 1 heteroatoms. The fourth-order valence-electron chi connectivity index (χ4n) is 4.98. The summed E-state index contributed by atoms with van der Waals surface area (Å²) in [5, 5.41) is 9.84. The summed E-state index contributed by atoms with van der Waals surface area (Å²) < 4.78 is 6.03. The molecule has 1 heterocycles. The monoisotopic (exact) mass is 393 g/mol. The van der Waals surface area contributed by atoms with Gasteiger partial charge in [0.1, 0.15) is 11.2 Å². The maximum atomic E-state index is 6.03. The molecule has 0 atom stereocenters. The van der Waals surface area contributed by atoms with Crippen molar-refractivity contribution in [1.29, 1.82) is 0 Å². The highest BCUT2D eigenvalue weighted by Crippen LogP contribution is 2.41. The molecule has 0 aliphatic heterocycles. The average Bonchev–Trinajstić information content (AvgIpc) is 3.22. The number of furan rings is 1. The first kappa shape index (κ1) is 16.7. The van der Waals surface area contributed by atoms with Crippen LogP contribution in [0.1, 0.15) is 0 Å². The number of rotatable bonds is 1. The number of para-hydroxylation sites is 1. The van der Waals surface area contributed by atoms with Crippen LogP contribution in [0, 0.1) is 6.07 Å². The van der Waals surface area contributed by atoms with Gasteiger partial charge in [0.15, 0.2) is 0 Å². The normalized spacial score (nSPS) is 11.9. The third-order valence-electron chi connectivity index (χ3n) is 6.34. The molecular weight excluding hydrogens is 376 g/mol. The third kappa shape index (κ3) is 2.32. The Morgan fingerprint density at radius 2 is 1.03 bits per heavy atom. The van der Waals surface area contributed by atoms with Crippen LogP contribution >= 0.6 is 0 Å². The van der Waals surface area contributed by atoms with Crippen LogP contribution < -0.4 is 0 Å². The first-order valence-electron chi connectivity index (χ1n) is 10.5. The van der Waals surface area contributed by atoms with Crippen molar-refractivity contribution in [2.24, 2.45) is 0 Å². The van der Waals surface area contributed by atoms with E-state index < -0.39 is 0 Å². The molecule has 143 valence electrons. The van der Waals surface area contributed by atoms with E-state index in [4.69, 9.17) is 4.42 Å². The minimum absolute atomic E-state index is 0.875. The SMILES string of the molecule is [c]1c(-c2cccc3c4ccccc4c4ccccc4c23)ccc2oc3ccccc3c12. The molecule has 0 fully saturated rings. The summed E-state index contributed by atoms with van der Waals surface area (Å²) in [6.07, 6.45) is 0. The maximum Gasteiger partial charge on any atom is 0.136 e. The summed E-state index contributed by atoms with van der Waals surface area (Å²) in [5.41, 5.74) is 4.07. The van der Waals surface area contributed by atoms with Crippen molar-refractivity contribution in [3.8, 4) is 11.1 Å². The summed E-state index contributed by atoms with van der Waals surface area (Å²) in [5.74, 6) is 0. The molecule has 0 bridgehead atoms. The molecule has 1 aromatic heterocycles. The second kappa shape index (κ2) is 6.20. The predicted octanol–water partition coefficient (Wildman–Crippen LogP) is 8.51. The number of hydrogen-bond donors (Lipinski definition) is 0. The van der Waals surface area contributed by atoms with Crippen LogP contribution in [0.2, 0.25) is 0 Å². The fraction of sp³-hybridized carbons (Fsp3) is 0. The van der Waals surface area contributed by atoms with Crippen LogP contribution in [0.4, 0.5) is 0 Å². The summed E-state index contributed by atoms with van der Waals surface area (Å²) >= 11 is 0. The topological polar surface area (TPSA) is 13.1 Å². The lowest BCUT2D eigenvalue weighted by Crippen LogP contribution is -1.87. The Balaban J connectivity index is 1.65. The summed E-state index contributed by atoms with van der Waals surface area (Å²) in [7, 11) is 0. The van der Waals surface area contributed by atoms with E-state index >= 15 is 0 Å². The minimum atomic E-state index is 0.875. The Morgan fingerprint density at radius 3 is 1.77 bits per heavy atom. The molecule has 0 aliphatic carbocycles. The molecule has 7 rings (SSSR count). The van der Waals surface area contributed by atoms with Crippen LogP contribution in [0.3, 0.4) is 0 Å². The molecule has 1 radical (unpaired) electrons. The summed E-state index contributed by atoms with van der Waals surface area (Å²) in [4.78, 5) is 0. The Labute approximate surface area is 179 Å². The Bertz CT molecular complexity index is 1740. The van der Waals surface area contributed by atoms with Crippen LogP contribution in [0.25, 0.3) is 65.4 Å². The summed E-state index contributed by atoms with van der Waals surface area (Å²) in [6.45, 7) is 0. The lowest BCUT2D eigenvalue weighted by atomic mass is 9.89. The number of fused-ring (bicyclic) bond motifs is 9. The Morgan fingerprint density at radius 1 is 0.452 bits per heavy atom. The van der Waals surface area contributed by atoms with E-state index in [-0.39, 0.29) is 0 Å². The molecular formula is C30H17O. The Hall–Kier alpha value is -4.10. The van der Waals surface area contributed by atoms with Crippen molar-refractivity contribution in [2.75, 3.05) is 0 Å². The van der Waals surface area contributed by atoms with Gasteiger partial charge in [-0.15, -0.1) is 0 Å². The highest BCUT2D eigenvalue weighted by molar-refractivity contribution is 6.28. The van der Waals surface area contributed by atoms with E-state index in [0.29, 0.717) is 0 Å². The molecule has 0 saturated carbocycles. The van der Waals surface area contributed by atoms with Gasteiger partial charge in [-0.05, 0) is 61.6 Å². The van der Waals surface area contributed by atoms with Gasteiger partial charge in [0.05, 0.1) is 0 Å². The minimum Gasteiger partial charge on any atom is -0.456 e. The van der Waals surface area contributed by atoms with Crippen molar-refractivity contribution in [1.82, 2.24) is 0 Å². The number of benzene rings is 6. The van der Waals surface area contributed by atoms with E-state index in [0.717, 1.165) is 27.5 Å². The van der Waals surface area contributed by atoms with E-state index in [1.165, 1.54) is 37.9 Å². The van der Waals surface area contributed by atoms with Crippen LogP contribution in [0.5, 0.6) is 0 Å². The Kier molecular flexibility index (Phi) is 3.33. The van der Waals surface area contributed by atoms with Crippen LogP contribution in [-0.2, 0) is 0 Å². The maximum absolute atomic E-state index is 6.03. The molecule has 1 nitrogen and oxygen atoms in total. The summed E-state index contributed by atoms with van der Waals surface area (Å²) in [6, 6.07) is 40.1. The first-order valence-corrected chi connectivity index (χ1v) is 10.5. The third-order valence-corrected chi connectivity index (χ3v) is 6.34. The quantitative estimate of drug-likeness (QED) is 0.255. The van der Waals surface area contributed by atoms with Crippen molar-refractivity contribution in [2.45, 2.75) is 0 Å². The molecule has 0 spiro atoms. The van der Waals surface area contributed by atoms with Crippen molar-refractivity contribution < 1.29 is 4.42 Å². The zero-order valence-corrected chi connectivity index (χ0v) is 16.7. The average molecular weight is 393 g/mol. The van der Waals surface area contributed by atoms with Gasteiger partial charge >= 0.3 is 0 Å². The zero-order valence-electron chi connectivity index (χ0n) is 16.7. The van der Waals surface area contributed by atoms with Crippen molar-refractivity contribution in [3.63, 3.8) is 0 Å². The second-order valence-electron chi connectivity index (χ2n) is 8.03. The lowest BCUT2D eigenvalue weighted by molar-refractivity contribution is 0.669. The first-order chi connectivity index (χ1) is 15.4. The fourth-order valence-corrected chi connectivity index (χ4v) is 4.98. The largest absolute Gasteiger partial charge is 0.456 e. The van der Waals surface area contributed by atoms with E-state index in [9.17, 15) is 0 Å². The highest BCUT2D eigenvalue weighted by atomic mass is 16.3. The van der Waals surface area contributed by atoms with Crippen molar-refractivity contribution >= 4 is 54.3 Å². The standard InChI is InChI=1S/C30H17O/c1-2-9-23-21(8-1)22-10-3-4-12-25(22)30-20(13-7-14-26(23)30)19-16-17-29-27(18-19)24-11-5-6-15-28(24)31-29/h1-17H. The molecule has 0 amide bonds. The van der Waals surface area contributed by atoms with Gasteiger partial charge < -0.3 is 4.42 Å².